The Kier molecular flexibility index (Phi) is 7.46. The standard InChI is InChI=1S/C10H17N3OS3/c1-2-9(14)11-3-4-12-10(15)13-8-5-16-7-17-6-8/h2,8H,1,3-7H2,(H,11,14)(H2,12,13,15). The maximum absolute atomic E-state index is 10.9. The molecule has 0 bridgehead atoms. The summed E-state index contributed by atoms with van der Waals surface area (Å²) >= 11 is 9.02. The summed E-state index contributed by atoms with van der Waals surface area (Å²) < 4.78 is 0. The summed E-state index contributed by atoms with van der Waals surface area (Å²) in [6.45, 7) is 4.54. The van der Waals surface area contributed by atoms with Crippen LogP contribution in [0.1, 0.15) is 0 Å². The van der Waals surface area contributed by atoms with Crippen LogP contribution in [0.25, 0.3) is 0 Å². The van der Waals surface area contributed by atoms with Gasteiger partial charge < -0.3 is 16.0 Å². The number of thiocarbonyl (C=S) groups is 1. The Bertz CT molecular complexity index is 280. The summed E-state index contributed by atoms with van der Waals surface area (Å²) in [6, 6.07) is 0.446. The van der Waals surface area contributed by atoms with Crippen molar-refractivity contribution in [1.82, 2.24) is 16.0 Å². The summed E-state index contributed by atoms with van der Waals surface area (Å²) in [5.74, 6) is 2.04. The predicted octanol–water partition coefficient (Wildman–Crippen LogP) is 0.559. The van der Waals surface area contributed by atoms with E-state index in [2.05, 4.69) is 22.5 Å². The normalized spacial score (nSPS) is 16.0. The monoisotopic (exact) mass is 291 g/mol. The Morgan fingerprint density at radius 3 is 2.65 bits per heavy atom. The smallest absolute Gasteiger partial charge is 0.243 e. The molecule has 0 aromatic rings. The van der Waals surface area contributed by atoms with Crippen molar-refractivity contribution in [2.45, 2.75) is 6.04 Å². The van der Waals surface area contributed by atoms with Gasteiger partial charge in [-0.3, -0.25) is 4.79 Å². The van der Waals surface area contributed by atoms with E-state index in [1.165, 1.54) is 11.2 Å². The lowest BCUT2D eigenvalue weighted by molar-refractivity contribution is -0.116. The van der Waals surface area contributed by atoms with E-state index in [1.807, 2.05) is 23.5 Å². The maximum Gasteiger partial charge on any atom is 0.243 e. The fourth-order valence-corrected chi connectivity index (χ4v) is 3.87. The van der Waals surface area contributed by atoms with Crippen molar-refractivity contribution in [2.75, 3.05) is 29.7 Å². The van der Waals surface area contributed by atoms with Crippen LogP contribution in [-0.4, -0.2) is 46.7 Å². The number of carbonyl (C=O) groups is 1. The van der Waals surface area contributed by atoms with Crippen LogP contribution in [0, 0.1) is 0 Å². The van der Waals surface area contributed by atoms with E-state index in [0.717, 1.165) is 11.5 Å². The average Bonchev–Trinajstić information content (AvgIpc) is 2.35. The van der Waals surface area contributed by atoms with E-state index >= 15 is 0 Å². The number of hydrogen-bond donors (Lipinski definition) is 3. The van der Waals surface area contributed by atoms with Gasteiger partial charge in [0.15, 0.2) is 5.11 Å². The molecule has 0 atom stereocenters. The van der Waals surface area contributed by atoms with Crippen LogP contribution in [0.2, 0.25) is 0 Å². The number of carbonyl (C=O) groups excluding carboxylic acids is 1. The molecule has 4 nitrogen and oxygen atoms in total. The molecular formula is C10H17N3OS3. The summed E-state index contributed by atoms with van der Waals surface area (Å²) in [5.41, 5.74) is 0. The van der Waals surface area contributed by atoms with Gasteiger partial charge in [0, 0.05) is 35.7 Å². The van der Waals surface area contributed by atoms with Gasteiger partial charge in [0.25, 0.3) is 0 Å². The molecule has 1 fully saturated rings. The minimum Gasteiger partial charge on any atom is -0.361 e. The highest BCUT2D eigenvalue weighted by Gasteiger charge is 2.14. The highest BCUT2D eigenvalue weighted by Crippen LogP contribution is 2.20. The van der Waals surface area contributed by atoms with Gasteiger partial charge in [-0.15, -0.1) is 23.5 Å². The van der Waals surface area contributed by atoms with Crippen LogP contribution in [0.5, 0.6) is 0 Å². The van der Waals surface area contributed by atoms with Crippen molar-refractivity contribution in [3.8, 4) is 0 Å². The first-order chi connectivity index (χ1) is 8.22. The number of thioether (sulfide) groups is 2. The first-order valence-electron chi connectivity index (χ1n) is 5.32. The van der Waals surface area contributed by atoms with E-state index < -0.39 is 0 Å². The van der Waals surface area contributed by atoms with E-state index in [4.69, 9.17) is 12.2 Å². The van der Waals surface area contributed by atoms with Gasteiger partial charge in [0.2, 0.25) is 5.91 Å². The van der Waals surface area contributed by atoms with Crippen molar-refractivity contribution in [1.29, 1.82) is 0 Å². The molecule has 0 aromatic carbocycles. The third kappa shape index (κ3) is 6.80. The molecule has 1 amide bonds. The molecule has 0 aliphatic carbocycles. The van der Waals surface area contributed by atoms with E-state index in [-0.39, 0.29) is 5.91 Å². The molecule has 0 radical (unpaired) electrons. The zero-order chi connectivity index (χ0) is 12.5. The molecule has 0 spiro atoms. The molecule has 3 N–H and O–H groups in total. The van der Waals surface area contributed by atoms with Crippen molar-refractivity contribution in [2.24, 2.45) is 0 Å². The van der Waals surface area contributed by atoms with E-state index in [0.29, 0.717) is 24.2 Å². The second kappa shape index (κ2) is 8.66. The van der Waals surface area contributed by atoms with Crippen molar-refractivity contribution in [3.05, 3.63) is 12.7 Å². The molecule has 96 valence electrons. The highest BCUT2D eigenvalue weighted by atomic mass is 32.2. The molecule has 0 aromatic heterocycles. The Balaban J connectivity index is 2.04. The molecule has 0 unspecified atom stereocenters. The third-order valence-electron chi connectivity index (χ3n) is 2.04. The van der Waals surface area contributed by atoms with Crippen LogP contribution in [-0.2, 0) is 4.79 Å². The zero-order valence-corrected chi connectivity index (χ0v) is 12.0. The van der Waals surface area contributed by atoms with Crippen LogP contribution >= 0.6 is 35.7 Å². The number of amides is 1. The maximum atomic E-state index is 10.9. The lowest BCUT2D eigenvalue weighted by Crippen LogP contribution is -2.46. The fraction of sp³-hybridized carbons (Fsp3) is 0.600. The van der Waals surface area contributed by atoms with Crippen molar-refractivity contribution >= 4 is 46.8 Å². The molecular weight excluding hydrogens is 274 g/mol. The molecule has 1 aliphatic rings. The zero-order valence-electron chi connectivity index (χ0n) is 9.53. The van der Waals surface area contributed by atoms with Gasteiger partial charge in [-0.1, -0.05) is 6.58 Å². The Morgan fingerprint density at radius 1 is 1.35 bits per heavy atom. The largest absolute Gasteiger partial charge is 0.361 e. The van der Waals surface area contributed by atoms with Gasteiger partial charge in [-0.2, -0.15) is 0 Å². The van der Waals surface area contributed by atoms with Gasteiger partial charge in [-0.25, -0.2) is 0 Å². The van der Waals surface area contributed by atoms with Gasteiger partial charge in [0.1, 0.15) is 0 Å². The van der Waals surface area contributed by atoms with Gasteiger partial charge in [-0.05, 0) is 18.3 Å². The quantitative estimate of drug-likeness (QED) is 0.391. The lowest BCUT2D eigenvalue weighted by atomic mass is 10.4. The molecule has 1 rings (SSSR count). The summed E-state index contributed by atoms with van der Waals surface area (Å²) in [4.78, 5) is 10.9. The van der Waals surface area contributed by atoms with Crippen LogP contribution in [0.15, 0.2) is 12.7 Å². The molecule has 1 heterocycles. The molecule has 1 saturated heterocycles. The van der Waals surface area contributed by atoms with Crippen molar-refractivity contribution < 1.29 is 4.79 Å². The Labute approximate surface area is 116 Å². The van der Waals surface area contributed by atoms with Crippen LogP contribution in [0.4, 0.5) is 0 Å². The molecule has 0 saturated carbocycles. The first-order valence-corrected chi connectivity index (χ1v) is 8.04. The summed E-state index contributed by atoms with van der Waals surface area (Å²) in [5, 5.41) is 10.8. The summed E-state index contributed by atoms with van der Waals surface area (Å²) in [6.07, 6.45) is 1.26. The minimum atomic E-state index is -0.161. The number of nitrogens with one attached hydrogen (secondary N) is 3. The Morgan fingerprint density at radius 2 is 2.00 bits per heavy atom. The van der Waals surface area contributed by atoms with E-state index in [1.54, 1.807) is 0 Å². The SMILES string of the molecule is C=CC(=O)NCCNC(=S)NC1CSCSC1. The van der Waals surface area contributed by atoms with Crippen LogP contribution in [0.3, 0.4) is 0 Å². The average molecular weight is 291 g/mol. The fourth-order valence-electron chi connectivity index (χ4n) is 1.24. The lowest BCUT2D eigenvalue weighted by Gasteiger charge is -2.23. The van der Waals surface area contributed by atoms with Gasteiger partial charge >= 0.3 is 0 Å². The predicted molar refractivity (Wildman–Crippen MR) is 80.5 cm³/mol. The molecule has 7 heteroatoms. The summed E-state index contributed by atoms with van der Waals surface area (Å²) in [7, 11) is 0. The third-order valence-corrected chi connectivity index (χ3v) is 4.91. The topological polar surface area (TPSA) is 53.2 Å². The first kappa shape index (κ1) is 14.7. The highest BCUT2D eigenvalue weighted by molar-refractivity contribution is 8.16. The second-order valence-electron chi connectivity index (χ2n) is 3.45. The van der Waals surface area contributed by atoms with Crippen LogP contribution < -0.4 is 16.0 Å². The molecule has 1 aliphatic heterocycles. The Hall–Kier alpha value is -0.400. The minimum absolute atomic E-state index is 0.161. The molecule has 17 heavy (non-hydrogen) atoms. The second-order valence-corrected chi connectivity index (χ2v) is 6.29. The number of hydrogen-bond acceptors (Lipinski definition) is 4. The van der Waals surface area contributed by atoms with Crippen molar-refractivity contribution in [3.63, 3.8) is 0 Å². The van der Waals surface area contributed by atoms with E-state index in [9.17, 15) is 4.79 Å². The van der Waals surface area contributed by atoms with Gasteiger partial charge in [0.05, 0.1) is 0 Å². The number of rotatable bonds is 5.